The molecule has 31 heavy (non-hydrogen) atoms. The fourth-order valence-corrected chi connectivity index (χ4v) is 4.32. The zero-order chi connectivity index (χ0) is 22.5. The topological polar surface area (TPSA) is 37.3 Å². The quantitative estimate of drug-likeness (QED) is 0.211. The van der Waals surface area contributed by atoms with Crippen molar-refractivity contribution < 1.29 is 27.5 Å². The fraction of sp³-hybridized carbons (Fsp3) is 0.400. The predicted molar refractivity (Wildman–Crippen MR) is 112 cm³/mol. The predicted octanol–water partition coefficient (Wildman–Crippen LogP) is 7.63. The molecule has 0 bridgehead atoms. The van der Waals surface area contributed by atoms with E-state index < -0.39 is 34.8 Å². The van der Waals surface area contributed by atoms with E-state index in [1.165, 1.54) is 12.1 Å². The highest BCUT2D eigenvalue weighted by molar-refractivity contribution is 5.90. The molecule has 0 amide bonds. The number of allylic oxidation sites excluding steroid dienone is 2. The van der Waals surface area contributed by atoms with E-state index in [2.05, 4.69) is 19.1 Å². The Morgan fingerprint density at radius 1 is 1.03 bits per heavy atom. The summed E-state index contributed by atoms with van der Waals surface area (Å²) in [6.45, 7) is 2.14. The third kappa shape index (κ3) is 5.17. The van der Waals surface area contributed by atoms with Crippen LogP contribution in [0.4, 0.5) is 17.6 Å². The van der Waals surface area contributed by atoms with Crippen molar-refractivity contribution in [2.24, 2.45) is 5.92 Å². The van der Waals surface area contributed by atoms with Gasteiger partial charge in [0.2, 0.25) is 0 Å². The van der Waals surface area contributed by atoms with Gasteiger partial charge in [-0.15, -0.1) is 0 Å². The lowest BCUT2D eigenvalue weighted by atomic mass is 9.76. The number of benzene rings is 2. The average Bonchev–Trinajstić information content (AvgIpc) is 2.74. The van der Waals surface area contributed by atoms with Gasteiger partial charge in [0.1, 0.15) is 5.82 Å². The number of halogens is 4. The fourth-order valence-electron chi connectivity index (χ4n) is 4.32. The number of unbranched alkanes of at least 4 members (excludes halogenated alkanes) is 2. The Labute approximate surface area is 179 Å². The van der Waals surface area contributed by atoms with Gasteiger partial charge >= 0.3 is 5.97 Å². The van der Waals surface area contributed by atoms with Crippen LogP contribution >= 0.6 is 0 Å². The highest BCUT2D eigenvalue weighted by Gasteiger charge is 2.28. The molecule has 2 aromatic carbocycles. The molecule has 0 aromatic heterocycles. The van der Waals surface area contributed by atoms with Crippen LogP contribution in [0, 0.1) is 29.2 Å². The van der Waals surface area contributed by atoms with Crippen LogP contribution in [0.5, 0.6) is 0 Å². The van der Waals surface area contributed by atoms with Crippen molar-refractivity contribution in [1.82, 2.24) is 0 Å². The molecule has 2 nitrogen and oxygen atoms in total. The molecular weight excluding hydrogens is 408 g/mol. The average molecular weight is 434 g/mol. The largest absolute Gasteiger partial charge is 0.478 e. The molecule has 1 aliphatic carbocycles. The molecule has 1 aliphatic rings. The van der Waals surface area contributed by atoms with E-state index in [9.17, 15) is 23.1 Å². The maximum Gasteiger partial charge on any atom is 0.338 e. The summed E-state index contributed by atoms with van der Waals surface area (Å²) >= 11 is 0. The minimum atomic E-state index is -1.64. The highest BCUT2D eigenvalue weighted by atomic mass is 19.2. The van der Waals surface area contributed by atoms with E-state index in [1.54, 1.807) is 0 Å². The van der Waals surface area contributed by atoms with E-state index in [0.29, 0.717) is 23.6 Å². The van der Waals surface area contributed by atoms with Crippen LogP contribution in [0.25, 0.3) is 11.1 Å². The summed E-state index contributed by atoms with van der Waals surface area (Å²) in [5.41, 5.74) is -0.453. The second-order valence-electron chi connectivity index (χ2n) is 8.13. The van der Waals surface area contributed by atoms with Gasteiger partial charge in [0.15, 0.2) is 17.5 Å². The van der Waals surface area contributed by atoms with Gasteiger partial charge in [-0.3, -0.25) is 0 Å². The molecule has 1 fully saturated rings. The zero-order valence-electron chi connectivity index (χ0n) is 17.4. The van der Waals surface area contributed by atoms with Crippen LogP contribution in [0.2, 0.25) is 0 Å². The van der Waals surface area contributed by atoms with E-state index in [-0.39, 0.29) is 17.0 Å². The van der Waals surface area contributed by atoms with Gasteiger partial charge in [-0.25, -0.2) is 22.4 Å². The van der Waals surface area contributed by atoms with Crippen molar-refractivity contribution in [3.63, 3.8) is 0 Å². The molecule has 0 spiro atoms. The molecule has 0 heterocycles. The van der Waals surface area contributed by atoms with E-state index in [4.69, 9.17) is 0 Å². The first kappa shape index (κ1) is 23.0. The second-order valence-corrected chi connectivity index (χ2v) is 8.13. The number of hydrogen-bond acceptors (Lipinski definition) is 1. The maximum absolute atomic E-state index is 15.2. The summed E-state index contributed by atoms with van der Waals surface area (Å²) in [7, 11) is 0. The van der Waals surface area contributed by atoms with Crippen molar-refractivity contribution in [2.45, 2.75) is 57.8 Å². The van der Waals surface area contributed by atoms with Crippen molar-refractivity contribution in [1.29, 1.82) is 0 Å². The first-order valence-corrected chi connectivity index (χ1v) is 10.7. The highest BCUT2D eigenvalue weighted by Crippen LogP contribution is 2.42. The van der Waals surface area contributed by atoms with E-state index in [1.807, 2.05) is 0 Å². The summed E-state index contributed by atoms with van der Waals surface area (Å²) < 4.78 is 56.3. The molecule has 3 rings (SSSR count). The van der Waals surface area contributed by atoms with Crippen molar-refractivity contribution >= 4 is 5.97 Å². The minimum Gasteiger partial charge on any atom is -0.478 e. The molecule has 1 N–H and O–H groups in total. The van der Waals surface area contributed by atoms with Gasteiger partial charge in [0.05, 0.1) is 5.56 Å². The van der Waals surface area contributed by atoms with Gasteiger partial charge in [-0.1, -0.05) is 38.0 Å². The molecule has 0 atom stereocenters. The Kier molecular flexibility index (Phi) is 7.52. The van der Waals surface area contributed by atoms with Crippen LogP contribution in [-0.2, 0) is 0 Å². The van der Waals surface area contributed by atoms with E-state index in [0.717, 1.165) is 44.9 Å². The van der Waals surface area contributed by atoms with Crippen molar-refractivity contribution in [3.05, 3.63) is 70.8 Å². The van der Waals surface area contributed by atoms with Gasteiger partial charge in [0.25, 0.3) is 0 Å². The molecule has 166 valence electrons. The normalized spacial score (nSPS) is 19.1. The zero-order valence-corrected chi connectivity index (χ0v) is 17.4. The van der Waals surface area contributed by atoms with Crippen molar-refractivity contribution in [2.75, 3.05) is 0 Å². The summed E-state index contributed by atoms with van der Waals surface area (Å²) in [5.74, 6) is -6.71. The first-order valence-electron chi connectivity index (χ1n) is 10.7. The third-order valence-electron chi connectivity index (χ3n) is 6.02. The minimum absolute atomic E-state index is 0.0798. The number of carboxylic acids is 1. The summed E-state index contributed by atoms with van der Waals surface area (Å²) in [6, 6.07) is 4.13. The lowest BCUT2D eigenvalue weighted by Crippen LogP contribution is -2.14. The Hall–Kier alpha value is -2.63. The molecule has 2 aromatic rings. The Morgan fingerprint density at radius 2 is 1.68 bits per heavy atom. The van der Waals surface area contributed by atoms with Gasteiger partial charge < -0.3 is 5.11 Å². The Balaban J connectivity index is 1.94. The lowest BCUT2D eigenvalue weighted by molar-refractivity contribution is 0.0692. The van der Waals surface area contributed by atoms with Gasteiger partial charge in [-0.2, -0.15) is 0 Å². The van der Waals surface area contributed by atoms with Crippen LogP contribution in [-0.4, -0.2) is 11.1 Å². The molecule has 6 heteroatoms. The summed E-state index contributed by atoms with van der Waals surface area (Å²) in [6.07, 6.45) is 11.0. The van der Waals surface area contributed by atoms with Gasteiger partial charge in [-0.05, 0) is 73.3 Å². The standard InChI is InChI=1S/C25H26F4O2/c1-2-3-4-5-6-15-7-9-16(10-8-15)18-11-12-19(25(30)31)23(28)22(18)17-13-20(26)24(29)21(27)14-17/h5-6,11-16H,2-4,7-10H2,1H3,(H,30,31). The van der Waals surface area contributed by atoms with Crippen molar-refractivity contribution in [3.8, 4) is 11.1 Å². The lowest BCUT2D eigenvalue weighted by Gasteiger charge is -2.29. The smallest absolute Gasteiger partial charge is 0.338 e. The number of aromatic carboxylic acids is 1. The Bertz CT molecular complexity index is 953. The van der Waals surface area contributed by atoms with Gasteiger partial charge in [0, 0.05) is 5.56 Å². The molecule has 0 unspecified atom stereocenters. The number of carboxylic acid groups (broad SMARTS) is 1. The molecular formula is C25H26F4O2. The van der Waals surface area contributed by atoms with E-state index >= 15 is 4.39 Å². The number of carbonyl (C=O) groups is 1. The third-order valence-corrected chi connectivity index (χ3v) is 6.02. The number of hydrogen-bond donors (Lipinski definition) is 1. The summed E-state index contributed by atoms with van der Waals surface area (Å²) in [4.78, 5) is 11.4. The SMILES string of the molecule is CCCCC=CC1CCC(c2ccc(C(=O)O)c(F)c2-c2cc(F)c(F)c(F)c2)CC1. The van der Waals surface area contributed by atoms with Crippen LogP contribution in [0.1, 0.15) is 73.7 Å². The maximum atomic E-state index is 15.2. The molecule has 0 aliphatic heterocycles. The monoisotopic (exact) mass is 434 g/mol. The first-order chi connectivity index (χ1) is 14.8. The molecule has 0 saturated heterocycles. The second kappa shape index (κ2) is 10.1. The van der Waals surface area contributed by atoms with Crippen LogP contribution in [0.3, 0.4) is 0 Å². The number of rotatable bonds is 7. The van der Waals surface area contributed by atoms with Crippen LogP contribution < -0.4 is 0 Å². The Morgan fingerprint density at radius 3 is 2.26 bits per heavy atom. The summed E-state index contributed by atoms with van der Waals surface area (Å²) in [5, 5.41) is 9.29. The molecule has 1 saturated carbocycles. The van der Waals surface area contributed by atoms with Crippen LogP contribution in [0.15, 0.2) is 36.4 Å². The molecule has 0 radical (unpaired) electrons.